The van der Waals surface area contributed by atoms with Crippen LogP contribution < -0.4 is 10.1 Å². The second kappa shape index (κ2) is 8.92. The number of anilines is 2. The summed E-state index contributed by atoms with van der Waals surface area (Å²) in [6.07, 6.45) is 0. The molecule has 0 aliphatic carbocycles. The molecule has 0 fully saturated rings. The molecular weight excluding hydrogens is 446 g/mol. The number of carbonyl (C=O) groups is 1. The van der Waals surface area contributed by atoms with E-state index in [1.807, 2.05) is 60.7 Å². The number of ether oxygens (including phenoxy) is 2. The van der Waals surface area contributed by atoms with Crippen molar-refractivity contribution in [2.75, 3.05) is 19.0 Å². The van der Waals surface area contributed by atoms with Gasteiger partial charge >= 0.3 is 5.97 Å². The lowest BCUT2D eigenvalue weighted by atomic mass is 10.0. The standard InChI is InChI=1S/C23H18BrN3O3/c1-29-21(28)14-30-18-12-6-15(7-13-18)22-19-4-2-3-5-20(19)23(27-26-22)25-17-10-8-16(24)9-11-17/h2-13H,14H2,1H3,(H,25,27). The predicted octanol–water partition coefficient (Wildman–Crippen LogP) is 5.35. The topological polar surface area (TPSA) is 73.3 Å². The van der Waals surface area contributed by atoms with Gasteiger partial charge < -0.3 is 14.8 Å². The molecular formula is C23H18BrN3O3. The van der Waals surface area contributed by atoms with E-state index in [0.29, 0.717) is 11.6 Å². The maximum absolute atomic E-state index is 11.2. The average Bonchev–Trinajstić information content (AvgIpc) is 2.79. The molecule has 1 heterocycles. The third-order valence-corrected chi connectivity index (χ3v) is 5.04. The van der Waals surface area contributed by atoms with Crippen LogP contribution in [0.4, 0.5) is 11.5 Å². The van der Waals surface area contributed by atoms with Crippen LogP contribution in [0.3, 0.4) is 0 Å². The Labute approximate surface area is 182 Å². The molecule has 150 valence electrons. The number of hydrogen-bond donors (Lipinski definition) is 1. The number of aromatic nitrogens is 2. The minimum atomic E-state index is -0.426. The van der Waals surface area contributed by atoms with Gasteiger partial charge in [-0.05, 0) is 48.5 Å². The summed E-state index contributed by atoms with van der Waals surface area (Å²) in [4.78, 5) is 11.2. The normalized spacial score (nSPS) is 10.6. The van der Waals surface area contributed by atoms with Crippen molar-refractivity contribution in [3.8, 4) is 17.0 Å². The number of esters is 1. The molecule has 30 heavy (non-hydrogen) atoms. The largest absolute Gasteiger partial charge is 0.482 e. The zero-order valence-corrected chi connectivity index (χ0v) is 17.7. The highest BCUT2D eigenvalue weighted by molar-refractivity contribution is 9.10. The lowest BCUT2D eigenvalue weighted by Crippen LogP contribution is -2.12. The van der Waals surface area contributed by atoms with Crippen LogP contribution in [0.5, 0.6) is 5.75 Å². The molecule has 0 spiro atoms. The zero-order valence-electron chi connectivity index (χ0n) is 16.1. The highest BCUT2D eigenvalue weighted by atomic mass is 79.9. The lowest BCUT2D eigenvalue weighted by molar-refractivity contribution is -0.142. The number of nitrogens with one attached hydrogen (secondary N) is 1. The van der Waals surface area contributed by atoms with Gasteiger partial charge in [-0.3, -0.25) is 0 Å². The van der Waals surface area contributed by atoms with Crippen molar-refractivity contribution in [2.45, 2.75) is 0 Å². The Hall–Kier alpha value is -3.45. The van der Waals surface area contributed by atoms with Gasteiger partial charge in [0.2, 0.25) is 0 Å². The molecule has 3 aromatic carbocycles. The molecule has 1 N–H and O–H groups in total. The Morgan fingerprint density at radius 2 is 1.63 bits per heavy atom. The minimum Gasteiger partial charge on any atom is -0.482 e. The number of nitrogens with zero attached hydrogens (tertiary/aromatic N) is 2. The van der Waals surface area contributed by atoms with Crippen LogP contribution in [0.15, 0.2) is 77.3 Å². The van der Waals surface area contributed by atoms with Gasteiger partial charge in [-0.2, -0.15) is 0 Å². The maximum Gasteiger partial charge on any atom is 0.343 e. The first-order valence-electron chi connectivity index (χ1n) is 9.22. The van der Waals surface area contributed by atoms with Crippen LogP contribution in [0.25, 0.3) is 22.0 Å². The molecule has 0 radical (unpaired) electrons. The summed E-state index contributed by atoms with van der Waals surface area (Å²) in [6, 6.07) is 23.3. The summed E-state index contributed by atoms with van der Waals surface area (Å²) in [7, 11) is 1.33. The Kier molecular flexibility index (Phi) is 5.90. The van der Waals surface area contributed by atoms with Crippen LogP contribution in [-0.4, -0.2) is 29.9 Å². The molecule has 4 aromatic rings. The van der Waals surface area contributed by atoms with Crippen molar-refractivity contribution < 1.29 is 14.3 Å². The monoisotopic (exact) mass is 463 g/mol. The number of fused-ring (bicyclic) bond motifs is 1. The van der Waals surface area contributed by atoms with Gasteiger partial charge in [0, 0.05) is 26.5 Å². The number of methoxy groups -OCH3 is 1. The van der Waals surface area contributed by atoms with E-state index < -0.39 is 5.97 Å². The Balaban J connectivity index is 1.64. The molecule has 6 nitrogen and oxygen atoms in total. The van der Waals surface area contributed by atoms with Gasteiger partial charge in [0.25, 0.3) is 0 Å². The summed E-state index contributed by atoms with van der Waals surface area (Å²) < 4.78 is 11.0. The predicted molar refractivity (Wildman–Crippen MR) is 120 cm³/mol. The van der Waals surface area contributed by atoms with Gasteiger partial charge in [0.15, 0.2) is 12.4 Å². The van der Waals surface area contributed by atoms with E-state index in [1.165, 1.54) is 7.11 Å². The van der Waals surface area contributed by atoms with Gasteiger partial charge in [-0.25, -0.2) is 4.79 Å². The van der Waals surface area contributed by atoms with Crippen molar-refractivity contribution >= 4 is 44.2 Å². The Morgan fingerprint density at radius 1 is 0.933 bits per heavy atom. The summed E-state index contributed by atoms with van der Waals surface area (Å²) in [5, 5.41) is 14.2. The van der Waals surface area contributed by atoms with Gasteiger partial charge in [0.1, 0.15) is 11.4 Å². The molecule has 4 rings (SSSR count). The number of halogens is 1. The van der Waals surface area contributed by atoms with E-state index in [0.717, 1.165) is 32.2 Å². The molecule has 7 heteroatoms. The molecule has 0 bridgehead atoms. The Morgan fingerprint density at radius 3 is 2.33 bits per heavy atom. The van der Waals surface area contributed by atoms with Crippen molar-refractivity contribution in [1.82, 2.24) is 10.2 Å². The highest BCUT2D eigenvalue weighted by Gasteiger charge is 2.11. The number of carbonyl (C=O) groups excluding carboxylic acids is 1. The van der Waals surface area contributed by atoms with E-state index in [1.54, 1.807) is 12.1 Å². The van der Waals surface area contributed by atoms with Crippen LogP contribution in [0.2, 0.25) is 0 Å². The first-order valence-corrected chi connectivity index (χ1v) is 10.0. The van der Waals surface area contributed by atoms with Crippen LogP contribution in [0, 0.1) is 0 Å². The first-order chi connectivity index (χ1) is 14.6. The number of benzene rings is 3. The van der Waals surface area contributed by atoms with Crippen LogP contribution in [0.1, 0.15) is 0 Å². The molecule has 1 aromatic heterocycles. The highest BCUT2D eigenvalue weighted by Crippen LogP contribution is 2.32. The van der Waals surface area contributed by atoms with Gasteiger partial charge in [0.05, 0.1) is 7.11 Å². The van der Waals surface area contributed by atoms with Gasteiger partial charge in [-0.15, -0.1) is 10.2 Å². The van der Waals surface area contributed by atoms with E-state index >= 15 is 0 Å². The van der Waals surface area contributed by atoms with Gasteiger partial charge in [-0.1, -0.05) is 40.2 Å². The quantitative estimate of drug-likeness (QED) is 0.388. The third kappa shape index (κ3) is 4.41. The van der Waals surface area contributed by atoms with Crippen molar-refractivity contribution in [1.29, 1.82) is 0 Å². The van der Waals surface area contributed by atoms with E-state index in [2.05, 4.69) is 36.2 Å². The lowest BCUT2D eigenvalue weighted by Gasteiger charge is -2.12. The van der Waals surface area contributed by atoms with E-state index in [-0.39, 0.29) is 6.61 Å². The second-order valence-electron chi connectivity index (χ2n) is 6.46. The Bertz CT molecular complexity index is 1180. The zero-order chi connectivity index (χ0) is 20.9. The van der Waals surface area contributed by atoms with Crippen molar-refractivity contribution in [3.63, 3.8) is 0 Å². The fourth-order valence-electron chi connectivity index (χ4n) is 2.99. The molecule has 0 saturated carbocycles. The fraction of sp³-hybridized carbons (Fsp3) is 0.0870. The van der Waals surface area contributed by atoms with Crippen LogP contribution in [-0.2, 0) is 9.53 Å². The first kappa shape index (κ1) is 19.8. The summed E-state index contributed by atoms with van der Waals surface area (Å²) >= 11 is 3.44. The molecule has 0 aliphatic heterocycles. The van der Waals surface area contributed by atoms with Crippen molar-refractivity contribution in [2.24, 2.45) is 0 Å². The fourth-order valence-corrected chi connectivity index (χ4v) is 3.25. The molecule has 0 saturated heterocycles. The summed E-state index contributed by atoms with van der Waals surface area (Å²) in [5.74, 6) is 0.842. The summed E-state index contributed by atoms with van der Waals surface area (Å²) in [6.45, 7) is -0.130. The average molecular weight is 464 g/mol. The van der Waals surface area contributed by atoms with Crippen LogP contribution >= 0.6 is 15.9 Å². The van der Waals surface area contributed by atoms with E-state index in [9.17, 15) is 4.79 Å². The maximum atomic E-state index is 11.2. The SMILES string of the molecule is COC(=O)COc1ccc(-c2nnc(Nc3ccc(Br)cc3)c3ccccc23)cc1. The molecule has 0 atom stereocenters. The number of rotatable bonds is 6. The number of hydrogen-bond acceptors (Lipinski definition) is 6. The summed E-state index contributed by atoms with van der Waals surface area (Å²) in [5.41, 5.74) is 2.60. The molecule has 0 unspecified atom stereocenters. The molecule has 0 aliphatic rings. The van der Waals surface area contributed by atoms with Crippen molar-refractivity contribution in [3.05, 3.63) is 77.3 Å². The smallest absolute Gasteiger partial charge is 0.343 e. The van der Waals surface area contributed by atoms with E-state index in [4.69, 9.17) is 4.74 Å². The second-order valence-corrected chi connectivity index (χ2v) is 7.38. The minimum absolute atomic E-state index is 0.130. The molecule has 0 amide bonds. The third-order valence-electron chi connectivity index (χ3n) is 4.51.